The highest BCUT2D eigenvalue weighted by Gasteiger charge is 2.28. The Labute approximate surface area is 125 Å². The molecule has 2 aromatic rings. The molecule has 0 amide bonds. The summed E-state index contributed by atoms with van der Waals surface area (Å²) in [4.78, 5) is 8.84. The third-order valence-corrected chi connectivity index (χ3v) is 3.78. The normalized spacial score (nSPS) is 14.4. The van der Waals surface area contributed by atoms with Gasteiger partial charge in [0.1, 0.15) is 17.4 Å². The van der Waals surface area contributed by atoms with Crippen molar-refractivity contribution in [2.24, 2.45) is 0 Å². The summed E-state index contributed by atoms with van der Waals surface area (Å²) in [6.45, 7) is 1.88. The lowest BCUT2D eigenvalue weighted by atomic mass is 10.3. The van der Waals surface area contributed by atoms with Gasteiger partial charge in [-0.05, 0) is 60.6 Å². The predicted molar refractivity (Wildman–Crippen MR) is 82.4 cm³/mol. The molecular formula is C14H14IN3O. The van der Waals surface area contributed by atoms with Crippen molar-refractivity contribution in [2.75, 3.05) is 5.73 Å². The fourth-order valence-electron chi connectivity index (χ4n) is 1.80. The lowest BCUT2D eigenvalue weighted by molar-refractivity contribution is 0.454. The van der Waals surface area contributed by atoms with E-state index >= 15 is 0 Å². The number of benzene rings is 1. The Morgan fingerprint density at radius 2 is 2.11 bits per heavy atom. The SMILES string of the molecule is Cc1c(N)nc(C2CC2)nc1Oc1cccc(I)c1. The lowest BCUT2D eigenvalue weighted by Gasteiger charge is -2.11. The number of anilines is 1. The first-order chi connectivity index (χ1) is 9.13. The summed E-state index contributed by atoms with van der Waals surface area (Å²) in [5.41, 5.74) is 6.73. The van der Waals surface area contributed by atoms with Crippen LogP contribution in [-0.4, -0.2) is 9.97 Å². The first kappa shape index (κ1) is 12.7. The van der Waals surface area contributed by atoms with Gasteiger partial charge in [-0.25, -0.2) is 4.98 Å². The number of nitrogens with two attached hydrogens (primary N) is 1. The van der Waals surface area contributed by atoms with E-state index in [9.17, 15) is 0 Å². The largest absolute Gasteiger partial charge is 0.439 e. The van der Waals surface area contributed by atoms with E-state index in [1.54, 1.807) is 0 Å². The molecule has 19 heavy (non-hydrogen) atoms. The Balaban J connectivity index is 1.95. The molecule has 0 spiro atoms. The molecule has 3 rings (SSSR count). The molecule has 1 aliphatic carbocycles. The monoisotopic (exact) mass is 367 g/mol. The average Bonchev–Trinajstić information content (AvgIpc) is 3.19. The Kier molecular flexibility index (Phi) is 3.30. The third kappa shape index (κ3) is 2.80. The first-order valence-corrected chi connectivity index (χ1v) is 7.29. The molecule has 0 radical (unpaired) electrons. The van der Waals surface area contributed by atoms with E-state index in [1.807, 2.05) is 31.2 Å². The third-order valence-electron chi connectivity index (χ3n) is 3.11. The van der Waals surface area contributed by atoms with Gasteiger partial charge in [0.05, 0.1) is 5.56 Å². The van der Waals surface area contributed by atoms with Crippen LogP contribution in [0.5, 0.6) is 11.6 Å². The van der Waals surface area contributed by atoms with Crippen molar-refractivity contribution in [3.63, 3.8) is 0 Å². The molecule has 1 aromatic carbocycles. The van der Waals surface area contributed by atoms with Gasteiger partial charge in [0, 0.05) is 9.49 Å². The molecule has 1 heterocycles. The second kappa shape index (κ2) is 4.96. The van der Waals surface area contributed by atoms with Crippen LogP contribution < -0.4 is 10.5 Å². The van der Waals surface area contributed by atoms with E-state index in [0.29, 0.717) is 17.6 Å². The van der Waals surface area contributed by atoms with E-state index in [-0.39, 0.29) is 0 Å². The van der Waals surface area contributed by atoms with Crippen LogP contribution in [-0.2, 0) is 0 Å². The van der Waals surface area contributed by atoms with Gasteiger partial charge in [-0.15, -0.1) is 0 Å². The van der Waals surface area contributed by atoms with E-state index in [2.05, 4.69) is 32.6 Å². The molecule has 1 aliphatic rings. The van der Waals surface area contributed by atoms with Gasteiger partial charge in [-0.2, -0.15) is 4.98 Å². The highest BCUT2D eigenvalue weighted by Crippen LogP contribution is 2.40. The zero-order valence-corrected chi connectivity index (χ0v) is 12.7. The second-order valence-corrected chi connectivity index (χ2v) is 5.98. The minimum Gasteiger partial charge on any atom is -0.439 e. The summed E-state index contributed by atoms with van der Waals surface area (Å²) in [7, 11) is 0. The number of aromatic nitrogens is 2. The summed E-state index contributed by atoms with van der Waals surface area (Å²) in [6, 6.07) is 7.86. The van der Waals surface area contributed by atoms with Crippen molar-refractivity contribution in [1.29, 1.82) is 0 Å². The number of nitrogen functional groups attached to an aromatic ring is 1. The summed E-state index contributed by atoms with van der Waals surface area (Å²) in [5, 5.41) is 0. The van der Waals surface area contributed by atoms with Crippen molar-refractivity contribution in [1.82, 2.24) is 9.97 Å². The molecule has 4 nitrogen and oxygen atoms in total. The minimum atomic E-state index is 0.459. The Morgan fingerprint density at radius 1 is 1.32 bits per heavy atom. The fraction of sp³-hybridized carbons (Fsp3) is 0.286. The van der Waals surface area contributed by atoms with E-state index in [0.717, 1.165) is 33.5 Å². The molecule has 2 N–H and O–H groups in total. The van der Waals surface area contributed by atoms with Crippen LogP contribution in [0.15, 0.2) is 24.3 Å². The summed E-state index contributed by atoms with van der Waals surface area (Å²) in [6.07, 6.45) is 2.29. The Hall–Kier alpha value is -1.37. The van der Waals surface area contributed by atoms with E-state index in [4.69, 9.17) is 10.5 Å². The molecule has 0 atom stereocenters. The number of hydrogen-bond donors (Lipinski definition) is 1. The number of nitrogens with zero attached hydrogens (tertiary/aromatic N) is 2. The van der Waals surface area contributed by atoms with Crippen LogP contribution in [0, 0.1) is 10.5 Å². The maximum atomic E-state index is 5.94. The molecule has 1 aromatic heterocycles. The molecule has 0 unspecified atom stereocenters. The Bertz CT molecular complexity index is 626. The molecule has 1 fully saturated rings. The standard InChI is InChI=1S/C14H14IN3O/c1-8-12(16)17-13(9-5-6-9)18-14(8)19-11-4-2-3-10(15)7-11/h2-4,7,9H,5-6H2,1H3,(H2,16,17,18). The van der Waals surface area contributed by atoms with Crippen LogP contribution in [0.25, 0.3) is 0 Å². The van der Waals surface area contributed by atoms with Crippen LogP contribution in [0.2, 0.25) is 0 Å². The average molecular weight is 367 g/mol. The first-order valence-electron chi connectivity index (χ1n) is 6.21. The van der Waals surface area contributed by atoms with Crippen LogP contribution in [0.4, 0.5) is 5.82 Å². The lowest BCUT2D eigenvalue weighted by Crippen LogP contribution is -2.04. The highest BCUT2D eigenvalue weighted by atomic mass is 127. The van der Waals surface area contributed by atoms with Gasteiger partial charge in [-0.3, -0.25) is 0 Å². The number of halogens is 1. The van der Waals surface area contributed by atoms with Crippen molar-refractivity contribution in [2.45, 2.75) is 25.7 Å². The number of ether oxygens (including phenoxy) is 1. The van der Waals surface area contributed by atoms with Crippen LogP contribution in [0.1, 0.15) is 30.1 Å². The highest BCUT2D eigenvalue weighted by molar-refractivity contribution is 14.1. The molecule has 1 saturated carbocycles. The van der Waals surface area contributed by atoms with Gasteiger partial charge >= 0.3 is 0 Å². The Morgan fingerprint density at radius 3 is 2.79 bits per heavy atom. The maximum Gasteiger partial charge on any atom is 0.227 e. The summed E-state index contributed by atoms with van der Waals surface area (Å²) >= 11 is 2.25. The van der Waals surface area contributed by atoms with E-state index in [1.165, 1.54) is 0 Å². The van der Waals surface area contributed by atoms with Crippen molar-refractivity contribution >= 4 is 28.4 Å². The van der Waals surface area contributed by atoms with Gasteiger partial charge in [-0.1, -0.05) is 6.07 Å². The smallest absolute Gasteiger partial charge is 0.227 e. The van der Waals surface area contributed by atoms with Gasteiger partial charge in [0.15, 0.2) is 0 Å². The minimum absolute atomic E-state index is 0.459. The zero-order chi connectivity index (χ0) is 13.4. The van der Waals surface area contributed by atoms with E-state index < -0.39 is 0 Å². The molecule has 0 aliphatic heterocycles. The van der Waals surface area contributed by atoms with Gasteiger partial charge in [0.2, 0.25) is 5.88 Å². The van der Waals surface area contributed by atoms with Crippen molar-refractivity contribution < 1.29 is 4.74 Å². The van der Waals surface area contributed by atoms with Crippen LogP contribution in [0.3, 0.4) is 0 Å². The molecular weight excluding hydrogens is 353 g/mol. The molecule has 0 saturated heterocycles. The molecule has 5 heteroatoms. The summed E-state index contributed by atoms with van der Waals surface area (Å²) in [5.74, 6) is 3.12. The number of rotatable bonds is 3. The van der Waals surface area contributed by atoms with Gasteiger partial charge < -0.3 is 10.5 Å². The second-order valence-electron chi connectivity index (χ2n) is 4.73. The number of hydrogen-bond acceptors (Lipinski definition) is 4. The summed E-state index contributed by atoms with van der Waals surface area (Å²) < 4.78 is 6.98. The van der Waals surface area contributed by atoms with Crippen molar-refractivity contribution in [3.8, 4) is 11.6 Å². The van der Waals surface area contributed by atoms with Crippen LogP contribution >= 0.6 is 22.6 Å². The topological polar surface area (TPSA) is 61.0 Å². The predicted octanol–water partition coefficient (Wildman–Crippen LogP) is 3.64. The molecule has 98 valence electrons. The zero-order valence-electron chi connectivity index (χ0n) is 10.6. The van der Waals surface area contributed by atoms with Crippen molar-refractivity contribution in [3.05, 3.63) is 39.2 Å². The van der Waals surface area contributed by atoms with Gasteiger partial charge in [0.25, 0.3) is 0 Å². The fourth-order valence-corrected chi connectivity index (χ4v) is 2.31. The quantitative estimate of drug-likeness (QED) is 0.842. The molecule has 0 bridgehead atoms. The maximum absolute atomic E-state index is 5.94.